The number of aryl methyl sites for hydroxylation is 1. The van der Waals surface area contributed by atoms with Crippen LogP contribution in [-0.2, 0) is 4.79 Å². The van der Waals surface area contributed by atoms with Gasteiger partial charge < -0.3 is 15.6 Å². The Labute approximate surface area is 110 Å². The van der Waals surface area contributed by atoms with Crippen molar-refractivity contribution in [2.24, 2.45) is 0 Å². The number of alkyl halides is 3. The Morgan fingerprint density at radius 2 is 2.10 bits per heavy atom. The highest BCUT2D eigenvalue weighted by molar-refractivity contribution is 5.93. The molecule has 0 unspecified atom stereocenters. The molecule has 9 heteroatoms. The van der Waals surface area contributed by atoms with Crippen molar-refractivity contribution in [1.82, 2.24) is 9.97 Å². The predicted octanol–water partition coefficient (Wildman–Crippen LogP) is 1.69. The zero-order valence-corrected chi connectivity index (χ0v) is 10.0. The number of nitrogens with two attached hydrogens (primary N) is 1. The van der Waals surface area contributed by atoms with Gasteiger partial charge in [0, 0.05) is 11.9 Å². The number of aromatic hydroxyl groups is 1. The summed E-state index contributed by atoms with van der Waals surface area (Å²) >= 11 is 0. The lowest BCUT2D eigenvalue weighted by Gasteiger charge is -2.12. The molecule has 0 aliphatic heterocycles. The number of esters is 1. The molecule has 0 aliphatic rings. The quantitative estimate of drug-likeness (QED) is 0.774. The Kier molecular flexibility index (Phi) is 3.12. The smallest absolute Gasteiger partial charge is 0.491 e. The molecule has 0 aromatic carbocycles. The molecule has 106 valence electrons. The zero-order chi connectivity index (χ0) is 15.1. The molecule has 6 nitrogen and oxygen atoms in total. The summed E-state index contributed by atoms with van der Waals surface area (Å²) in [7, 11) is 0. The van der Waals surface area contributed by atoms with Crippen LogP contribution in [0.4, 0.5) is 19.0 Å². The van der Waals surface area contributed by atoms with Crippen LogP contribution < -0.4 is 10.5 Å². The third-order valence-electron chi connectivity index (χ3n) is 2.39. The Morgan fingerprint density at radius 1 is 1.45 bits per heavy atom. The van der Waals surface area contributed by atoms with Crippen LogP contribution in [0.15, 0.2) is 12.3 Å². The van der Waals surface area contributed by atoms with Gasteiger partial charge in [-0.1, -0.05) is 0 Å². The number of anilines is 1. The van der Waals surface area contributed by atoms with Gasteiger partial charge in [-0.05, 0) is 13.0 Å². The van der Waals surface area contributed by atoms with Crippen molar-refractivity contribution in [1.29, 1.82) is 0 Å². The fraction of sp³-hybridized carbons (Fsp3) is 0.182. The highest BCUT2D eigenvalue weighted by Gasteiger charge is 2.42. The number of fused-ring (bicyclic) bond motifs is 1. The number of aromatic nitrogens is 2. The van der Waals surface area contributed by atoms with Crippen LogP contribution in [0.3, 0.4) is 0 Å². The molecule has 2 aromatic heterocycles. The largest absolute Gasteiger partial charge is 0.502 e. The molecule has 0 radical (unpaired) electrons. The van der Waals surface area contributed by atoms with Crippen LogP contribution in [0.25, 0.3) is 10.9 Å². The lowest BCUT2D eigenvalue weighted by molar-refractivity contribution is -0.189. The molecule has 2 heterocycles. The third-order valence-corrected chi connectivity index (χ3v) is 2.39. The maximum absolute atomic E-state index is 12.2. The molecular formula is C11H8F3N3O3. The van der Waals surface area contributed by atoms with E-state index in [-0.39, 0.29) is 10.9 Å². The molecule has 2 aromatic rings. The molecule has 3 N–H and O–H groups in total. The van der Waals surface area contributed by atoms with E-state index < -0.39 is 29.5 Å². The number of nitrogens with zero attached hydrogens (tertiary/aromatic N) is 2. The first-order valence-electron chi connectivity index (χ1n) is 5.24. The molecule has 2 rings (SSSR count). The summed E-state index contributed by atoms with van der Waals surface area (Å²) in [6, 6.07) is 1.43. The van der Waals surface area contributed by atoms with Crippen LogP contribution in [0.5, 0.6) is 11.5 Å². The molecule has 0 bridgehead atoms. The van der Waals surface area contributed by atoms with E-state index in [0.717, 1.165) is 6.20 Å². The van der Waals surface area contributed by atoms with E-state index in [1.54, 1.807) is 6.92 Å². The van der Waals surface area contributed by atoms with Gasteiger partial charge in [0.2, 0.25) is 5.75 Å². The Bertz CT molecular complexity index is 701. The predicted molar refractivity (Wildman–Crippen MR) is 62.0 cm³/mol. The van der Waals surface area contributed by atoms with E-state index in [1.807, 2.05) is 0 Å². The first-order chi connectivity index (χ1) is 9.20. The van der Waals surface area contributed by atoms with E-state index in [0.29, 0.717) is 5.69 Å². The zero-order valence-electron chi connectivity index (χ0n) is 10.0. The average Bonchev–Trinajstić information content (AvgIpc) is 2.33. The number of carbonyl (C=O) groups excluding carboxylic acids is 1. The fourth-order valence-corrected chi connectivity index (χ4v) is 1.49. The van der Waals surface area contributed by atoms with Crippen molar-refractivity contribution < 1.29 is 27.8 Å². The van der Waals surface area contributed by atoms with Crippen LogP contribution in [0.2, 0.25) is 0 Å². The van der Waals surface area contributed by atoms with Crippen LogP contribution in [0, 0.1) is 6.92 Å². The van der Waals surface area contributed by atoms with Crippen LogP contribution >= 0.6 is 0 Å². The second-order valence-corrected chi connectivity index (χ2v) is 3.90. The fourth-order valence-electron chi connectivity index (χ4n) is 1.49. The van der Waals surface area contributed by atoms with Gasteiger partial charge in [-0.25, -0.2) is 9.78 Å². The van der Waals surface area contributed by atoms with Gasteiger partial charge >= 0.3 is 12.1 Å². The second kappa shape index (κ2) is 4.51. The summed E-state index contributed by atoms with van der Waals surface area (Å²) in [5, 5.41) is 9.56. The molecule has 0 saturated heterocycles. The SMILES string of the molecule is Cc1cc2nc(N)c(O)c(OC(=O)C(F)(F)F)c2cn1. The van der Waals surface area contributed by atoms with E-state index >= 15 is 0 Å². The minimum absolute atomic E-state index is 0.0556. The summed E-state index contributed by atoms with van der Waals surface area (Å²) < 4.78 is 40.8. The molecule has 0 aliphatic carbocycles. The summed E-state index contributed by atoms with van der Waals surface area (Å²) in [6.07, 6.45) is -4.06. The number of halogens is 3. The normalized spacial score (nSPS) is 11.6. The molecule has 0 fully saturated rings. The minimum Gasteiger partial charge on any atom is -0.502 e. The number of ether oxygens (including phenoxy) is 1. The lowest BCUT2D eigenvalue weighted by atomic mass is 10.2. The first kappa shape index (κ1) is 13.8. The standard InChI is InChI=1S/C11H8F3N3O3/c1-4-2-6-5(3-16-4)8(7(18)9(15)17-6)20-10(19)11(12,13)14/h2-3,18H,1H3,(H2,15,17). The first-order valence-corrected chi connectivity index (χ1v) is 5.24. The molecule has 0 spiro atoms. The molecular weight excluding hydrogens is 279 g/mol. The third kappa shape index (κ3) is 2.42. The van der Waals surface area contributed by atoms with Gasteiger partial charge in [0.05, 0.1) is 10.9 Å². The second-order valence-electron chi connectivity index (χ2n) is 3.90. The van der Waals surface area contributed by atoms with Crippen LogP contribution in [0.1, 0.15) is 5.69 Å². The highest BCUT2D eigenvalue weighted by Crippen LogP contribution is 2.38. The van der Waals surface area contributed by atoms with E-state index in [1.165, 1.54) is 6.07 Å². The molecule has 20 heavy (non-hydrogen) atoms. The highest BCUT2D eigenvalue weighted by atomic mass is 19.4. The molecule has 0 amide bonds. The number of hydrogen-bond donors (Lipinski definition) is 2. The van der Waals surface area contributed by atoms with Crippen molar-refractivity contribution >= 4 is 22.7 Å². The van der Waals surface area contributed by atoms with Gasteiger partial charge in [0.1, 0.15) is 0 Å². The minimum atomic E-state index is -5.20. The van der Waals surface area contributed by atoms with Crippen molar-refractivity contribution in [2.75, 3.05) is 5.73 Å². The van der Waals surface area contributed by atoms with Crippen molar-refractivity contribution in [3.8, 4) is 11.5 Å². The Balaban J connectivity index is 2.62. The van der Waals surface area contributed by atoms with Crippen molar-refractivity contribution in [3.05, 3.63) is 18.0 Å². The van der Waals surface area contributed by atoms with E-state index in [4.69, 9.17) is 5.73 Å². The van der Waals surface area contributed by atoms with Gasteiger partial charge in [0.15, 0.2) is 11.6 Å². The Morgan fingerprint density at radius 3 is 2.70 bits per heavy atom. The lowest BCUT2D eigenvalue weighted by Crippen LogP contribution is -2.28. The molecule has 0 atom stereocenters. The monoisotopic (exact) mass is 287 g/mol. The average molecular weight is 287 g/mol. The Hall–Kier alpha value is -2.58. The van der Waals surface area contributed by atoms with Gasteiger partial charge in [-0.3, -0.25) is 4.98 Å². The van der Waals surface area contributed by atoms with Gasteiger partial charge in [-0.15, -0.1) is 0 Å². The van der Waals surface area contributed by atoms with Crippen LogP contribution in [-0.4, -0.2) is 27.2 Å². The maximum Gasteiger partial charge on any atom is 0.491 e. The van der Waals surface area contributed by atoms with E-state index in [2.05, 4.69) is 14.7 Å². The maximum atomic E-state index is 12.2. The number of carbonyl (C=O) groups is 1. The summed E-state index contributed by atoms with van der Waals surface area (Å²) in [5.41, 5.74) is 6.05. The number of rotatable bonds is 1. The molecule has 0 saturated carbocycles. The number of hydrogen-bond acceptors (Lipinski definition) is 6. The van der Waals surface area contributed by atoms with E-state index in [9.17, 15) is 23.1 Å². The van der Waals surface area contributed by atoms with Crippen molar-refractivity contribution in [3.63, 3.8) is 0 Å². The summed E-state index contributed by atoms with van der Waals surface area (Å²) in [4.78, 5) is 18.5. The van der Waals surface area contributed by atoms with Gasteiger partial charge in [-0.2, -0.15) is 13.2 Å². The summed E-state index contributed by atoms with van der Waals surface area (Å²) in [6.45, 7) is 1.63. The topological polar surface area (TPSA) is 98.3 Å². The number of nitrogen functional groups attached to an aromatic ring is 1. The summed E-state index contributed by atoms with van der Waals surface area (Å²) in [5.74, 6) is -4.49. The van der Waals surface area contributed by atoms with Gasteiger partial charge in [0.25, 0.3) is 0 Å². The number of pyridine rings is 2. The van der Waals surface area contributed by atoms with Crippen molar-refractivity contribution in [2.45, 2.75) is 13.1 Å².